The van der Waals surface area contributed by atoms with Gasteiger partial charge in [-0.3, -0.25) is 0 Å². The zero-order valence-electron chi connectivity index (χ0n) is 16.0. The van der Waals surface area contributed by atoms with E-state index in [1.807, 2.05) is 42.6 Å². The number of pyridine rings is 3. The van der Waals surface area contributed by atoms with E-state index in [-0.39, 0.29) is 5.41 Å². The predicted molar refractivity (Wildman–Crippen MR) is 111 cm³/mol. The summed E-state index contributed by atoms with van der Waals surface area (Å²) in [5.41, 5.74) is 8.69. The average Bonchev–Trinajstić information content (AvgIpc) is 2.66. The fourth-order valence-corrected chi connectivity index (χ4v) is 2.65. The van der Waals surface area contributed by atoms with Crippen LogP contribution < -0.4 is 16.4 Å². The molecule has 0 aliphatic heterocycles. The maximum atomic E-state index is 5.54. The second kappa shape index (κ2) is 8.14. The number of nitrogens with one attached hydrogen (secondary N) is 2. The lowest BCUT2D eigenvalue weighted by molar-refractivity contribution is 0.589. The molecule has 0 fully saturated rings. The molecule has 0 aromatic carbocycles. The molecule has 3 aromatic heterocycles. The van der Waals surface area contributed by atoms with Crippen LogP contribution in [0, 0.1) is 0 Å². The minimum Gasteiger partial charge on any atom is -0.369 e. The normalized spacial score (nSPS) is 11.3. The molecule has 0 aliphatic carbocycles. The van der Waals surface area contributed by atoms with Gasteiger partial charge in [0.05, 0.1) is 5.69 Å². The van der Waals surface area contributed by atoms with Gasteiger partial charge in [0, 0.05) is 31.0 Å². The minimum atomic E-state index is 0.0681. The molecular formula is C21H26N6. The highest BCUT2D eigenvalue weighted by molar-refractivity contribution is 5.65. The summed E-state index contributed by atoms with van der Waals surface area (Å²) in [4.78, 5) is 13.4. The fourth-order valence-electron chi connectivity index (χ4n) is 2.65. The van der Waals surface area contributed by atoms with Gasteiger partial charge in [0.25, 0.3) is 0 Å². The van der Waals surface area contributed by atoms with Crippen molar-refractivity contribution < 1.29 is 0 Å². The standard InChI is InChI=1S/C21H26N6/c1-21(2,3)16-8-11-24-20(14-16)27-18-6-4-5-17(26-18)15-7-10-23-19(13-15)25-12-9-22/h4-8,10-11,13-14H,9,12,22H2,1-3H3,(H,23,25)(H,24,26,27). The third-order valence-electron chi connectivity index (χ3n) is 4.14. The molecule has 140 valence electrons. The highest BCUT2D eigenvalue weighted by Gasteiger charge is 2.14. The summed E-state index contributed by atoms with van der Waals surface area (Å²) in [6, 6.07) is 13.9. The summed E-state index contributed by atoms with van der Waals surface area (Å²) < 4.78 is 0. The van der Waals surface area contributed by atoms with Crippen molar-refractivity contribution in [2.75, 3.05) is 23.7 Å². The molecule has 0 unspecified atom stereocenters. The number of anilines is 3. The Balaban J connectivity index is 1.82. The summed E-state index contributed by atoms with van der Waals surface area (Å²) in [5, 5.41) is 6.50. The number of hydrogen-bond donors (Lipinski definition) is 3. The van der Waals surface area contributed by atoms with Gasteiger partial charge in [0.15, 0.2) is 0 Å². The van der Waals surface area contributed by atoms with Gasteiger partial charge >= 0.3 is 0 Å². The van der Waals surface area contributed by atoms with Crippen LogP contribution in [0.3, 0.4) is 0 Å². The molecule has 0 bridgehead atoms. The van der Waals surface area contributed by atoms with Crippen molar-refractivity contribution in [1.29, 1.82) is 0 Å². The van der Waals surface area contributed by atoms with Gasteiger partial charge in [0.1, 0.15) is 17.5 Å². The van der Waals surface area contributed by atoms with E-state index in [1.165, 1.54) is 5.56 Å². The number of nitrogens with zero attached hydrogens (tertiary/aromatic N) is 3. The Morgan fingerprint density at radius 1 is 0.926 bits per heavy atom. The fraction of sp³-hybridized carbons (Fsp3) is 0.286. The van der Waals surface area contributed by atoms with Gasteiger partial charge in [0.2, 0.25) is 0 Å². The summed E-state index contributed by atoms with van der Waals surface area (Å²) in [6.07, 6.45) is 3.59. The summed E-state index contributed by atoms with van der Waals surface area (Å²) >= 11 is 0. The number of nitrogens with two attached hydrogens (primary N) is 1. The lowest BCUT2D eigenvalue weighted by Crippen LogP contribution is -2.13. The number of aromatic nitrogens is 3. The van der Waals surface area contributed by atoms with Gasteiger partial charge in [-0.05, 0) is 47.4 Å². The number of hydrogen-bond acceptors (Lipinski definition) is 6. The topological polar surface area (TPSA) is 88.8 Å². The SMILES string of the molecule is CC(C)(C)c1ccnc(Nc2cccc(-c3ccnc(NCCN)c3)n2)c1. The molecule has 3 aromatic rings. The molecule has 0 atom stereocenters. The zero-order valence-corrected chi connectivity index (χ0v) is 16.0. The first-order valence-corrected chi connectivity index (χ1v) is 9.07. The Hall–Kier alpha value is -2.99. The van der Waals surface area contributed by atoms with Crippen molar-refractivity contribution in [2.24, 2.45) is 5.73 Å². The van der Waals surface area contributed by atoms with Gasteiger partial charge < -0.3 is 16.4 Å². The monoisotopic (exact) mass is 362 g/mol. The van der Waals surface area contributed by atoms with Crippen molar-refractivity contribution in [1.82, 2.24) is 15.0 Å². The maximum Gasteiger partial charge on any atom is 0.132 e. The Morgan fingerprint density at radius 2 is 1.70 bits per heavy atom. The maximum absolute atomic E-state index is 5.54. The van der Waals surface area contributed by atoms with Crippen LogP contribution in [0.1, 0.15) is 26.3 Å². The second-order valence-electron chi connectivity index (χ2n) is 7.36. The van der Waals surface area contributed by atoms with Gasteiger partial charge in [-0.2, -0.15) is 0 Å². The van der Waals surface area contributed by atoms with Crippen LogP contribution in [0.4, 0.5) is 17.5 Å². The van der Waals surface area contributed by atoms with Crippen molar-refractivity contribution in [3.63, 3.8) is 0 Å². The quantitative estimate of drug-likeness (QED) is 0.615. The Kier molecular flexibility index (Phi) is 5.66. The van der Waals surface area contributed by atoms with E-state index in [0.29, 0.717) is 13.1 Å². The number of rotatable bonds is 6. The Morgan fingerprint density at radius 3 is 2.48 bits per heavy atom. The van der Waals surface area contributed by atoms with E-state index in [4.69, 9.17) is 10.7 Å². The van der Waals surface area contributed by atoms with E-state index in [1.54, 1.807) is 6.20 Å². The van der Waals surface area contributed by atoms with E-state index < -0.39 is 0 Å². The molecular weight excluding hydrogens is 336 g/mol. The highest BCUT2D eigenvalue weighted by Crippen LogP contribution is 2.25. The van der Waals surface area contributed by atoms with E-state index in [0.717, 1.165) is 28.7 Å². The highest BCUT2D eigenvalue weighted by atomic mass is 15.1. The molecule has 6 nitrogen and oxygen atoms in total. The van der Waals surface area contributed by atoms with Crippen LogP contribution >= 0.6 is 0 Å². The predicted octanol–water partition coefficient (Wildman–Crippen LogP) is 3.95. The van der Waals surface area contributed by atoms with Crippen LogP contribution in [0.15, 0.2) is 54.9 Å². The lowest BCUT2D eigenvalue weighted by atomic mass is 9.88. The Labute approximate surface area is 160 Å². The van der Waals surface area contributed by atoms with E-state index in [9.17, 15) is 0 Å². The van der Waals surface area contributed by atoms with Gasteiger partial charge in [-0.25, -0.2) is 15.0 Å². The average molecular weight is 362 g/mol. The van der Waals surface area contributed by atoms with Crippen molar-refractivity contribution in [2.45, 2.75) is 26.2 Å². The summed E-state index contributed by atoms with van der Waals surface area (Å²) in [5.74, 6) is 2.32. The molecule has 27 heavy (non-hydrogen) atoms. The zero-order chi connectivity index (χ0) is 19.3. The van der Waals surface area contributed by atoms with Crippen LogP contribution in [-0.4, -0.2) is 28.0 Å². The molecule has 0 aliphatic rings. The van der Waals surface area contributed by atoms with Crippen LogP contribution in [0.2, 0.25) is 0 Å². The molecule has 0 saturated heterocycles. The lowest BCUT2D eigenvalue weighted by Gasteiger charge is -2.19. The molecule has 0 radical (unpaired) electrons. The third kappa shape index (κ3) is 5.01. The molecule has 3 rings (SSSR count). The minimum absolute atomic E-state index is 0.0681. The van der Waals surface area contributed by atoms with Gasteiger partial charge in [-0.1, -0.05) is 26.8 Å². The largest absolute Gasteiger partial charge is 0.369 e. The van der Waals surface area contributed by atoms with Crippen molar-refractivity contribution >= 4 is 17.5 Å². The summed E-state index contributed by atoms with van der Waals surface area (Å²) in [7, 11) is 0. The van der Waals surface area contributed by atoms with E-state index in [2.05, 4.69) is 47.4 Å². The molecule has 3 heterocycles. The van der Waals surface area contributed by atoms with Crippen LogP contribution in [-0.2, 0) is 5.41 Å². The third-order valence-corrected chi connectivity index (χ3v) is 4.14. The molecule has 0 spiro atoms. The smallest absolute Gasteiger partial charge is 0.132 e. The molecule has 4 N–H and O–H groups in total. The molecule has 0 amide bonds. The van der Waals surface area contributed by atoms with Crippen molar-refractivity contribution in [3.05, 3.63) is 60.4 Å². The molecule has 6 heteroatoms. The van der Waals surface area contributed by atoms with Crippen LogP contribution in [0.5, 0.6) is 0 Å². The van der Waals surface area contributed by atoms with Crippen molar-refractivity contribution in [3.8, 4) is 11.3 Å². The summed E-state index contributed by atoms with van der Waals surface area (Å²) in [6.45, 7) is 7.80. The second-order valence-corrected chi connectivity index (χ2v) is 7.36. The van der Waals surface area contributed by atoms with Gasteiger partial charge in [-0.15, -0.1) is 0 Å². The molecule has 0 saturated carbocycles. The Bertz CT molecular complexity index is 901. The first-order valence-electron chi connectivity index (χ1n) is 9.07. The van der Waals surface area contributed by atoms with E-state index >= 15 is 0 Å². The first kappa shape index (κ1) is 18.8. The first-order chi connectivity index (χ1) is 13.0. The van der Waals surface area contributed by atoms with Crippen LogP contribution in [0.25, 0.3) is 11.3 Å².